The Hall–Kier alpha value is -2.14. The van der Waals surface area contributed by atoms with Gasteiger partial charge in [0.05, 0.1) is 5.52 Å². The van der Waals surface area contributed by atoms with Crippen molar-refractivity contribution < 1.29 is 9.53 Å². The van der Waals surface area contributed by atoms with Crippen molar-refractivity contribution in [2.75, 3.05) is 13.1 Å². The van der Waals surface area contributed by atoms with Crippen molar-refractivity contribution in [2.45, 2.75) is 96.6 Å². The molecular formula is C27H40N2O3. The Bertz CT molecular complexity index is 899. The highest BCUT2D eigenvalue weighted by atomic mass is 16.5. The fourth-order valence-electron chi connectivity index (χ4n) is 4.69. The average molecular weight is 441 g/mol. The Morgan fingerprint density at radius 2 is 1.66 bits per heavy atom. The molecule has 5 nitrogen and oxygen atoms in total. The molecule has 1 aromatic carbocycles. The van der Waals surface area contributed by atoms with Gasteiger partial charge in [-0.3, -0.25) is 14.2 Å². The summed E-state index contributed by atoms with van der Waals surface area (Å²) in [5.41, 5.74) is 1.65. The Labute approximate surface area is 192 Å². The van der Waals surface area contributed by atoms with E-state index in [9.17, 15) is 9.59 Å². The first kappa shape index (κ1) is 24.5. The molecule has 1 aromatic heterocycles. The van der Waals surface area contributed by atoms with Gasteiger partial charge in [0.1, 0.15) is 0 Å². The molecule has 0 spiro atoms. The summed E-state index contributed by atoms with van der Waals surface area (Å²) in [6.07, 6.45) is 13.3. The number of unbranched alkanes of at least 4 members (excludes halogenated alkanes) is 8. The van der Waals surface area contributed by atoms with E-state index in [1.807, 2.05) is 30.3 Å². The zero-order valence-electron chi connectivity index (χ0n) is 19.7. The molecule has 0 saturated carbocycles. The molecule has 32 heavy (non-hydrogen) atoms. The van der Waals surface area contributed by atoms with E-state index in [4.69, 9.17) is 4.74 Å². The minimum Gasteiger partial charge on any atom is -0.444 e. The summed E-state index contributed by atoms with van der Waals surface area (Å²) >= 11 is 0. The van der Waals surface area contributed by atoms with Crippen LogP contribution < -0.4 is 10.9 Å². The van der Waals surface area contributed by atoms with Crippen LogP contribution in [0.25, 0.3) is 10.9 Å². The third kappa shape index (κ3) is 7.19. The second-order valence-corrected chi connectivity index (χ2v) is 9.14. The second kappa shape index (κ2) is 13.4. The molecule has 1 N–H and O–H groups in total. The number of aromatic nitrogens is 1. The Kier molecular flexibility index (Phi) is 10.3. The zero-order chi connectivity index (χ0) is 22.6. The van der Waals surface area contributed by atoms with Gasteiger partial charge in [-0.1, -0.05) is 76.5 Å². The van der Waals surface area contributed by atoms with Crippen LogP contribution in [0, 0.1) is 0 Å². The molecule has 0 bridgehead atoms. The maximum Gasteiger partial charge on any atom is 0.307 e. The molecule has 3 rings (SSSR count). The smallest absolute Gasteiger partial charge is 0.307 e. The third-order valence-electron chi connectivity index (χ3n) is 6.65. The van der Waals surface area contributed by atoms with Crippen LogP contribution in [-0.2, 0) is 16.3 Å². The summed E-state index contributed by atoms with van der Waals surface area (Å²) in [5, 5.41) is 4.38. The van der Waals surface area contributed by atoms with Crippen molar-refractivity contribution >= 4 is 16.9 Å². The third-order valence-corrected chi connectivity index (χ3v) is 6.65. The van der Waals surface area contributed by atoms with Gasteiger partial charge in [0.25, 0.3) is 5.56 Å². The number of nitrogens with one attached hydrogen (secondary N) is 1. The van der Waals surface area contributed by atoms with E-state index < -0.39 is 0 Å². The largest absolute Gasteiger partial charge is 0.444 e. The number of hydrogen-bond donors (Lipinski definition) is 1. The highest BCUT2D eigenvalue weighted by molar-refractivity contribution is 5.79. The van der Waals surface area contributed by atoms with Crippen molar-refractivity contribution in [3.63, 3.8) is 0 Å². The number of esters is 1. The van der Waals surface area contributed by atoms with Gasteiger partial charge in [-0.2, -0.15) is 0 Å². The SMILES string of the molecule is CCCCCCCCCCCC(=O)OCn1c(=O)c(C2CCNCC2)cc2ccccc21. The number of carbonyl (C=O) groups is 1. The number of pyridine rings is 1. The minimum absolute atomic E-state index is 0.00554. The molecular weight excluding hydrogens is 400 g/mol. The molecule has 0 aliphatic carbocycles. The zero-order valence-corrected chi connectivity index (χ0v) is 19.7. The number of piperidine rings is 1. The van der Waals surface area contributed by atoms with Crippen LogP contribution in [0.4, 0.5) is 0 Å². The summed E-state index contributed by atoms with van der Waals surface area (Å²) in [4.78, 5) is 25.6. The number of ether oxygens (including phenoxy) is 1. The van der Waals surface area contributed by atoms with Gasteiger partial charge in [0, 0.05) is 12.0 Å². The maximum absolute atomic E-state index is 13.3. The van der Waals surface area contributed by atoms with Crippen LogP contribution in [0.1, 0.15) is 95.5 Å². The number of hydrogen-bond acceptors (Lipinski definition) is 4. The lowest BCUT2D eigenvalue weighted by Crippen LogP contribution is -2.32. The van der Waals surface area contributed by atoms with E-state index in [0.717, 1.165) is 55.2 Å². The molecule has 1 fully saturated rings. The summed E-state index contributed by atoms with van der Waals surface area (Å²) < 4.78 is 7.18. The number of benzene rings is 1. The summed E-state index contributed by atoms with van der Waals surface area (Å²) in [6, 6.07) is 9.90. The van der Waals surface area contributed by atoms with Crippen molar-refractivity contribution in [1.29, 1.82) is 0 Å². The number of rotatable bonds is 13. The molecule has 0 radical (unpaired) electrons. The van der Waals surface area contributed by atoms with Crippen LogP contribution in [-0.4, -0.2) is 23.6 Å². The highest BCUT2D eigenvalue weighted by Gasteiger charge is 2.21. The monoisotopic (exact) mass is 440 g/mol. The molecule has 1 aliphatic heterocycles. The highest BCUT2D eigenvalue weighted by Crippen LogP contribution is 2.25. The Morgan fingerprint density at radius 1 is 1.00 bits per heavy atom. The van der Waals surface area contributed by atoms with E-state index in [-0.39, 0.29) is 24.2 Å². The normalized spacial score (nSPS) is 14.7. The number of carbonyl (C=O) groups excluding carboxylic acids is 1. The van der Waals surface area contributed by atoms with Crippen molar-refractivity contribution in [3.8, 4) is 0 Å². The topological polar surface area (TPSA) is 60.3 Å². The van der Waals surface area contributed by atoms with E-state index in [1.54, 1.807) is 4.57 Å². The van der Waals surface area contributed by atoms with Gasteiger partial charge in [0.15, 0.2) is 6.73 Å². The first-order chi connectivity index (χ1) is 15.7. The number of fused-ring (bicyclic) bond motifs is 1. The van der Waals surface area contributed by atoms with Crippen molar-refractivity contribution in [3.05, 3.63) is 46.2 Å². The van der Waals surface area contributed by atoms with Crippen LogP contribution in [0.5, 0.6) is 0 Å². The molecule has 176 valence electrons. The standard InChI is InChI=1S/C27H40N2O3/c1-2-3-4-5-6-7-8-9-10-15-26(30)32-21-29-25-14-12-11-13-23(25)20-24(27(29)31)22-16-18-28-19-17-22/h11-14,20,22,28H,2-10,15-19,21H2,1H3. The van der Waals surface area contributed by atoms with Gasteiger partial charge < -0.3 is 10.1 Å². The quantitative estimate of drug-likeness (QED) is 0.312. The van der Waals surface area contributed by atoms with Crippen LogP contribution in [0.3, 0.4) is 0 Å². The maximum atomic E-state index is 13.3. The van der Waals surface area contributed by atoms with Gasteiger partial charge in [-0.05, 0) is 55.8 Å². The van der Waals surface area contributed by atoms with Crippen LogP contribution in [0.15, 0.2) is 35.1 Å². The minimum atomic E-state index is -0.212. The van der Waals surface area contributed by atoms with E-state index in [2.05, 4.69) is 12.2 Å². The molecule has 5 heteroatoms. The lowest BCUT2D eigenvalue weighted by atomic mass is 9.90. The number of nitrogens with zero attached hydrogens (tertiary/aromatic N) is 1. The molecule has 0 unspecified atom stereocenters. The summed E-state index contributed by atoms with van der Waals surface area (Å²) in [6.45, 7) is 4.10. The summed E-state index contributed by atoms with van der Waals surface area (Å²) in [5.74, 6) is 0.0495. The molecule has 2 aromatic rings. The van der Waals surface area contributed by atoms with Crippen LogP contribution >= 0.6 is 0 Å². The number of para-hydroxylation sites is 1. The van der Waals surface area contributed by atoms with Gasteiger partial charge >= 0.3 is 5.97 Å². The Morgan fingerprint density at radius 3 is 2.38 bits per heavy atom. The molecule has 1 aliphatic rings. The van der Waals surface area contributed by atoms with Crippen molar-refractivity contribution in [2.24, 2.45) is 0 Å². The predicted octanol–water partition coefficient (Wildman–Crippen LogP) is 5.89. The fraction of sp³-hybridized carbons (Fsp3) is 0.630. The molecule has 2 heterocycles. The van der Waals surface area contributed by atoms with Gasteiger partial charge in [0.2, 0.25) is 0 Å². The summed E-state index contributed by atoms with van der Waals surface area (Å²) in [7, 11) is 0. The fourth-order valence-corrected chi connectivity index (χ4v) is 4.69. The van der Waals surface area contributed by atoms with Gasteiger partial charge in [-0.25, -0.2) is 0 Å². The Balaban J connectivity index is 1.51. The van der Waals surface area contributed by atoms with E-state index in [0.29, 0.717) is 6.42 Å². The molecule has 0 atom stereocenters. The predicted molar refractivity (Wildman–Crippen MR) is 131 cm³/mol. The lowest BCUT2D eigenvalue weighted by molar-refractivity contribution is -0.147. The first-order valence-electron chi connectivity index (χ1n) is 12.7. The van der Waals surface area contributed by atoms with E-state index in [1.165, 1.54) is 44.9 Å². The van der Waals surface area contributed by atoms with E-state index >= 15 is 0 Å². The lowest BCUT2D eigenvalue weighted by Gasteiger charge is -2.23. The molecule has 0 amide bonds. The van der Waals surface area contributed by atoms with Gasteiger partial charge in [-0.15, -0.1) is 0 Å². The van der Waals surface area contributed by atoms with Crippen molar-refractivity contribution in [1.82, 2.24) is 9.88 Å². The second-order valence-electron chi connectivity index (χ2n) is 9.14. The van der Waals surface area contributed by atoms with Crippen LogP contribution in [0.2, 0.25) is 0 Å². The molecule has 1 saturated heterocycles. The first-order valence-corrected chi connectivity index (χ1v) is 12.7. The average Bonchev–Trinajstić information content (AvgIpc) is 2.82.